The van der Waals surface area contributed by atoms with E-state index in [0.717, 1.165) is 11.6 Å². The van der Waals surface area contributed by atoms with Gasteiger partial charge < -0.3 is 14.6 Å². The molecule has 1 aromatic rings. The molecule has 0 unspecified atom stereocenters. The number of aliphatic carboxylic acids is 1. The summed E-state index contributed by atoms with van der Waals surface area (Å²) in [5.41, 5.74) is 1.37. The molecule has 0 aliphatic rings. The molecule has 0 saturated heterocycles. The summed E-state index contributed by atoms with van der Waals surface area (Å²) in [6.07, 6.45) is 1.14. The van der Waals surface area contributed by atoms with Crippen molar-refractivity contribution in [2.75, 3.05) is 14.2 Å². The Balaban J connectivity index is 0.00000256. The van der Waals surface area contributed by atoms with Crippen molar-refractivity contribution in [1.29, 1.82) is 0 Å². The van der Waals surface area contributed by atoms with Crippen molar-refractivity contribution in [3.63, 3.8) is 0 Å². The van der Waals surface area contributed by atoms with Gasteiger partial charge in [0.25, 0.3) is 0 Å². The highest BCUT2D eigenvalue weighted by molar-refractivity contribution is 5.90. The zero-order valence-corrected chi connectivity index (χ0v) is 11.6. The summed E-state index contributed by atoms with van der Waals surface area (Å²) < 4.78 is 10.2. The van der Waals surface area contributed by atoms with E-state index in [1.54, 1.807) is 32.2 Å². The van der Waals surface area contributed by atoms with Crippen molar-refractivity contribution >= 4 is 34.6 Å². The summed E-state index contributed by atoms with van der Waals surface area (Å²) in [5, 5.41) is 8.67. The average Bonchev–Trinajstić information content (AvgIpc) is 2.27. The van der Waals surface area contributed by atoms with Crippen molar-refractivity contribution in [1.82, 2.24) is 0 Å². The lowest BCUT2D eigenvalue weighted by molar-refractivity contribution is -0.131. The lowest BCUT2D eigenvalue weighted by Gasteiger charge is -2.10. The Morgan fingerprint density at radius 1 is 1.29 bits per heavy atom. The summed E-state index contributed by atoms with van der Waals surface area (Å²) >= 11 is 0. The third-order valence-corrected chi connectivity index (χ3v) is 2.17. The Bertz CT molecular complexity index is 427. The predicted molar refractivity (Wildman–Crippen MR) is 66.6 cm³/mol. The molecular weight excluding hydrogens is 232 g/mol. The van der Waals surface area contributed by atoms with Crippen LogP contribution in [0.1, 0.15) is 12.5 Å². The van der Waals surface area contributed by atoms with Gasteiger partial charge in [-0.3, -0.25) is 0 Å². The molecule has 0 amide bonds. The van der Waals surface area contributed by atoms with Gasteiger partial charge in [0.1, 0.15) is 11.5 Å². The molecule has 0 aliphatic heterocycles. The second-order valence-corrected chi connectivity index (χ2v) is 3.23. The Morgan fingerprint density at radius 2 is 1.94 bits per heavy atom. The van der Waals surface area contributed by atoms with Crippen LogP contribution in [0.5, 0.6) is 11.5 Å². The molecule has 17 heavy (non-hydrogen) atoms. The molecule has 2 radical (unpaired) electrons. The number of ether oxygens (including phenoxy) is 2. The SMILES string of the molecule is COc1ccc(C(C)=CC(=O)O)c(OC)c1.[Mg]. The molecule has 0 fully saturated rings. The summed E-state index contributed by atoms with van der Waals surface area (Å²) in [6, 6.07) is 5.25. The van der Waals surface area contributed by atoms with Crippen LogP contribution < -0.4 is 9.47 Å². The molecular formula is C12H14MgO4. The van der Waals surface area contributed by atoms with E-state index in [0.29, 0.717) is 17.1 Å². The van der Waals surface area contributed by atoms with Crippen LogP contribution in [0.15, 0.2) is 24.3 Å². The number of allylic oxidation sites excluding steroid dienone is 1. The van der Waals surface area contributed by atoms with Crippen molar-refractivity contribution in [3.8, 4) is 11.5 Å². The maximum Gasteiger partial charge on any atom is 0.328 e. The van der Waals surface area contributed by atoms with Crippen molar-refractivity contribution in [2.24, 2.45) is 0 Å². The highest BCUT2D eigenvalue weighted by atomic mass is 24.3. The second-order valence-electron chi connectivity index (χ2n) is 3.23. The van der Waals surface area contributed by atoms with E-state index in [1.807, 2.05) is 0 Å². The molecule has 1 N–H and O–H groups in total. The van der Waals surface area contributed by atoms with E-state index in [9.17, 15) is 4.79 Å². The van der Waals surface area contributed by atoms with Crippen LogP contribution in [-0.2, 0) is 4.79 Å². The lowest BCUT2D eigenvalue weighted by Crippen LogP contribution is -1.94. The monoisotopic (exact) mass is 246 g/mol. The van der Waals surface area contributed by atoms with Crippen LogP contribution >= 0.6 is 0 Å². The number of methoxy groups -OCH3 is 2. The van der Waals surface area contributed by atoms with E-state index in [-0.39, 0.29) is 23.1 Å². The molecule has 0 aliphatic carbocycles. The highest BCUT2D eigenvalue weighted by Crippen LogP contribution is 2.29. The van der Waals surface area contributed by atoms with E-state index >= 15 is 0 Å². The number of hydrogen-bond acceptors (Lipinski definition) is 3. The first kappa shape index (κ1) is 15.8. The van der Waals surface area contributed by atoms with E-state index in [1.165, 1.54) is 7.11 Å². The van der Waals surface area contributed by atoms with Crippen molar-refractivity contribution in [2.45, 2.75) is 6.92 Å². The van der Waals surface area contributed by atoms with E-state index in [2.05, 4.69) is 0 Å². The van der Waals surface area contributed by atoms with Crippen LogP contribution in [0.3, 0.4) is 0 Å². The number of carboxylic acids is 1. The van der Waals surface area contributed by atoms with Gasteiger partial charge in [0.15, 0.2) is 0 Å². The smallest absolute Gasteiger partial charge is 0.328 e. The summed E-state index contributed by atoms with van der Waals surface area (Å²) in [7, 11) is 3.10. The van der Waals surface area contributed by atoms with Crippen molar-refractivity contribution in [3.05, 3.63) is 29.8 Å². The van der Waals surface area contributed by atoms with Gasteiger partial charge in [-0.25, -0.2) is 4.79 Å². The van der Waals surface area contributed by atoms with Crippen LogP contribution in [0.4, 0.5) is 0 Å². The maximum absolute atomic E-state index is 10.6. The normalized spacial score (nSPS) is 10.4. The second kappa shape index (κ2) is 7.19. The molecule has 0 heterocycles. The molecule has 0 saturated carbocycles. The Labute approximate surface area is 116 Å². The number of hydrogen-bond donors (Lipinski definition) is 1. The Hall–Kier alpha value is -1.20. The van der Waals surface area contributed by atoms with Gasteiger partial charge in [0.05, 0.1) is 14.2 Å². The fraction of sp³-hybridized carbons (Fsp3) is 0.250. The number of carbonyl (C=O) groups is 1. The van der Waals surface area contributed by atoms with Gasteiger partial charge in [-0.1, -0.05) is 0 Å². The number of carboxylic acid groups (broad SMARTS) is 1. The summed E-state index contributed by atoms with van der Waals surface area (Å²) in [6.45, 7) is 1.72. The minimum absolute atomic E-state index is 0. The van der Waals surface area contributed by atoms with E-state index < -0.39 is 5.97 Å². The molecule has 1 aromatic carbocycles. The van der Waals surface area contributed by atoms with Crippen LogP contribution in [0.25, 0.3) is 5.57 Å². The van der Waals surface area contributed by atoms with Gasteiger partial charge in [0.2, 0.25) is 0 Å². The Morgan fingerprint density at radius 3 is 2.41 bits per heavy atom. The zero-order valence-electron chi connectivity index (χ0n) is 10.2. The average molecular weight is 247 g/mol. The minimum Gasteiger partial charge on any atom is -0.497 e. The highest BCUT2D eigenvalue weighted by Gasteiger charge is 2.07. The maximum atomic E-state index is 10.6. The van der Waals surface area contributed by atoms with Crippen LogP contribution in [-0.4, -0.2) is 48.3 Å². The van der Waals surface area contributed by atoms with Gasteiger partial charge in [0, 0.05) is 40.8 Å². The third kappa shape index (κ3) is 4.28. The van der Waals surface area contributed by atoms with Gasteiger partial charge >= 0.3 is 5.97 Å². The molecule has 5 heteroatoms. The fourth-order valence-electron chi connectivity index (χ4n) is 1.39. The molecule has 0 spiro atoms. The largest absolute Gasteiger partial charge is 0.497 e. The first-order valence-electron chi connectivity index (χ1n) is 4.72. The molecule has 4 nitrogen and oxygen atoms in total. The topological polar surface area (TPSA) is 55.8 Å². The quantitative estimate of drug-likeness (QED) is 0.650. The van der Waals surface area contributed by atoms with Gasteiger partial charge in [-0.2, -0.15) is 0 Å². The standard InChI is InChI=1S/C12H14O4.Mg/c1-8(6-12(13)14)10-5-4-9(15-2)7-11(10)16-3;/h4-7H,1-3H3,(H,13,14);. The third-order valence-electron chi connectivity index (χ3n) is 2.17. The molecule has 1 rings (SSSR count). The number of rotatable bonds is 4. The number of benzene rings is 1. The van der Waals surface area contributed by atoms with Gasteiger partial charge in [-0.05, 0) is 24.6 Å². The molecule has 0 bridgehead atoms. The first-order chi connectivity index (χ1) is 7.58. The predicted octanol–water partition coefficient (Wildman–Crippen LogP) is 1.81. The van der Waals surface area contributed by atoms with Crippen LogP contribution in [0, 0.1) is 0 Å². The lowest BCUT2D eigenvalue weighted by atomic mass is 10.1. The molecule has 0 atom stereocenters. The molecule has 88 valence electrons. The fourth-order valence-corrected chi connectivity index (χ4v) is 1.39. The van der Waals surface area contributed by atoms with Crippen molar-refractivity contribution < 1.29 is 19.4 Å². The molecule has 0 aromatic heterocycles. The zero-order chi connectivity index (χ0) is 12.1. The van der Waals surface area contributed by atoms with E-state index in [4.69, 9.17) is 14.6 Å². The van der Waals surface area contributed by atoms with Crippen LogP contribution in [0.2, 0.25) is 0 Å². The first-order valence-corrected chi connectivity index (χ1v) is 4.72. The Kier molecular flexibility index (Phi) is 6.68. The minimum atomic E-state index is -0.977. The van der Waals surface area contributed by atoms with Gasteiger partial charge in [-0.15, -0.1) is 0 Å². The summed E-state index contributed by atoms with van der Waals surface area (Å²) in [4.78, 5) is 10.6. The summed E-state index contributed by atoms with van der Waals surface area (Å²) in [5.74, 6) is 0.286.